The second kappa shape index (κ2) is 4.68. The quantitative estimate of drug-likeness (QED) is 0.757. The summed E-state index contributed by atoms with van der Waals surface area (Å²) in [4.78, 5) is 19.1. The van der Waals surface area contributed by atoms with E-state index in [1.165, 1.54) is 0 Å². The number of amides is 1. The minimum Gasteiger partial charge on any atom is -0.353 e. The summed E-state index contributed by atoms with van der Waals surface area (Å²) in [5.74, 6) is -0.357. The summed E-state index contributed by atoms with van der Waals surface area (Å²) in [5.41, 5.74) is 2.18. The van der Waals surface area contributed by atoms with E-state index in [9.17, 15) is 9.18 Å². The van der Waals surface area contributed by atoms with Crippen LogP contribution in [0.5, 0.6) is 0 Å². The van der Waals surface area contributed by atoms with Crippen LogP contribution in [0.15, 0.2) is 36.5 Å². The second-order valence-corrected chi connectivity index (χ2v) is 4.23. The first-order chi connectivity index (χ1) is 9.29. The largest absolute Gasteiger partial charge is 0.353 e. The van der Waals surface area contributed by atoms with E-state index < -0.39 is 6.67 Å². The van der Waals surface area contributed by atoms with Crippen LogP contribution in [-0.4, -0.2) is 29.1 Å². The maximum absolute atomic E-state index is 12.0. The fraction of sp³-hybridized carbons (Fsp3) is 0.143. The van der Waals surface area contributed by atoms with Gasteiger partial charge < -0.3 is 10.3 Å². The molecule has 2 heterocycles. The third kappa shape index (κ3) is 2.03. The number of H-pyrrole nitrogens is 1. The molecule has 0 spiro atoms. The Morgan fingerprint density at radius 3 is 2.95 bits per heavy atom. The number of nitrogens with zero attached hydrogens (tertiary/aromatic N) is 1. The lowest BCUT2D eigenvalue weighted by molar-refractivity contribution is 0.0946. The van der Waals surface area contributed by atoms with Crippen molar-refractivity contribution in [2.75, 3.05) is 13.2 Å². The molecule has 3 rings (SSSR count). The van der Waals surface area contributed by atoms with Crippen LogP contribution in [0.1, 0.15) is 10.5 Å². The molecule has 0 saturated carbocycles. The molecular formula is C14H12FN3O. The third-order valence-corrected chi connectivity index (χ3v) is 3.00. The number of hydrogen-bond acceptors (Lipinski definition) is 2. The number of halogens is 1. The molecule has 1 aromatic carbocycles. The molecular weight excluding hydrogens is 245 g/mol. The van der Waals surface area contributed by atoms with Gasteiger partial charge in [-0.25, -0.2) is 9.37 Å². The predicted molar refractivity (Wildman–Crippen MR) is 71.9 cm³/mol. The summed E-state index contributed by atoms with van der Waals surface area (Å²) in [7, 11) is 0. The minimum absolute atomic E-state index is 0.00638. The van der Waals surface area contributed by atoms with Crippen molar-refractivity contribution in [2.45, 2.75) is 0 Å². The van der Waals surface area contributed by atoms with Gasteiger partial charge in [-0.15, -0.1) is 0 Å². The molecule has 2 N–H and O–H groups in total. The van der Waals surface area contributed by atoms with Gasteiger partial charge in [0.15, 0.2) is 0 Å². The number of alkyl halides is 1. The van der Waals surface area contributed by atoms with Gasteiger partial charge in [-0.3, -0.25) is 4.79 Å². The standard InChI is InChI=1S/C14H12FN3O/c15-5-6-16-14(19)12-7-10-9-3-1-2-4-11(9)18-13(10)8-17-12/h1-4,7-8,18H,5-6H2,(H,16,19). The molecule has 0 fully saturated rings. The van der Waals surface area contributed by atoms with Gasteiger partial charge in [0.1, 0.15) is 12.4 Å². The predicted octanol–water partition coefficient (Wildman–Crippen LogP) is 2.42. The van der Waals surface area contributed by atoms with Crippen LogP contribution in [0, 0.1) is 0 Å². The molecule has 3 aromatic rings. The number of fused-ring (bicyclic) bond motifs is 3. The summed E-state index contributed by atoms with van der Waals surface area (Å²) in [6.07, 6.45) is 1.62. The van der Waals surface area contributed by atoms with Crippen LogP contribution >= 0.6 is 0 Å². The highest BCUT2D eigenvalue weighted by molar-refractivity contribution is 6.09. The summed E-state index contributed by atoms with van der Waals surface area (Å²) < 4.78 is 12.0. The molecule has 0 bridgehead atoms. The number of carbonyl (C=O) groups excluding carboxylic acids is 1. The number of carbonyl (C=O) groups is 1. The van der Waals surface area contributed by atoms with Crippen molar-refractivity contribution in [3.63, 3.8) is 0 Å². The number of hydrogen-bond donors (Lipinski definition) is 2. The molecule has 0 radical (unpaired) electrons. The van der Waals surface area contributed by atoms with Crippen molar-refractivity contribution in [2.24, 2.45) is 0 Å². The molecule has 4 nitrogen and oxygen atoms in total. The van der Waals surface area contributed by atoms with E-state index in [1.54, 1.807) is 12.3 Å². The Hall–Kier alpha value is -2.43. The molecule has 96 valence electrons. The summed E-state index contributed by atoms with van der Waals surface area (Å²) in [6.45, 7) is -0.576. The van der Waals surface area contributed by atoms with Gasteiger partial charge >= 0.3 is 0 Å². The van der Waals surface area contributed by atoms with E-state index in [0.717, 1.165) is 21.8 Å². The highest BCUT2D eigenvalue weighted by Gasteiger charge is 2.10. The van der Waals surface area contributed by atoms with E-state index >= 15 is 0 Å². The van der Waals surface area contributed by atoms with Crippen LogP contribution in [0.25, 0.3) is 21.8 Å². The Labute approximate surface area is 108 Å². The van der Waals surface area contributed by atoms with Gasteiger partial charge in [0, 0.05) is 22.8 Å². The van der Waals surface area contributed by atoms with Gasteiger partial charge in [-0.1, -0.05) is 18.2 Å². The second-order valence-electron chi connectivity index (χ2n) is 4.23. The van der Waals surface area contributed by atoms with Crippen molar-refractivity contribution in [3.8, 4) is 0 Å². The zero-order valence-corrected chi connectivity index (χ0v) is 10.1. The van der Waals surface area contributed by atoms with E-state index in [0.29, 0.717) is 5.69 Å². The van der Waals surface area contributed by atoms with Crippen LogP contribution < -0.4 is 5.32 Å². The fourth-order valence-electron chi connectivity index (χ4n) is 2.13. The van der Waals surface area contributed by atoms with Gasteiger partial charge in [0.25, 0.3) is 5.91 Å². The third-order valence-electron chi connectivity index (χ3n) is 3.00. The smallest absolute Gasteiger partial charge is 0.269 e. The lowest BCUT2D eigenvalue weighted by atomic mass is 10.1. The zero-order valence-electron chi connectivity index (χ0n) is 10.1. The summed E-state index contributed by atoms with van der Waals surface area (Å²) >= 11 is 0. The Balaban J connectivity index is 2.09. The van der Waals surface area contributed by atoms with E-state index in [2.05, 4.69) is 15.3 Å². The van der Waals surface area contributed by atoms with Crippen molar-refractivity contribution in [1.29, 1.82) is 0 Å². The van der Waals surface area contributed by atoms with Crippen molar-refractivity contribution in [3.05, 3.63) is 42.2 Å². The zero-order chi connectivity index (χ0) is 13.2. The molecule has 2 aromatic heterocycles. The summed E-state index contributed by atoms with van der Waals surface area (Å²) in [5, 5.41) is 4.45. The highest BCUT2D eigenvalue weighted by atomic mass is 19.1. The molecule has 5 heteroatoms. The average molecular weight is 257 g/mol. The van der Waals surface area contributed by atoms with E-state index in [-0.39, 0.29) is 12.5 Å². The first-order valence-electron chi connectivity index (χ1n) is 6.00. The molecule has 0 atom stereocenters. The van der Waals surface area contributed by atoms with Crippen LogP contribution in [0.4, 0.5) is 4.39 Å². The SMILES string of the molecule is O=C(NCCF)c1cc2c(cn1)[nH]c1ccccc12. The van der Waals surface area contributed by atoms with Crippen molar-refractivity contribution in [1.82, 2.24) is 15.3 Å². The number of rotatable bonds is 3. The number of benzene rings is 1. The number of nitrogens with one attached hydrogen (secondary N) is 2. The van der Waals surface area contributed by atoms with Gasteiger partial charge in [-0.2, -0.15) is 0 Å². The molecule has 0 aliphatic heterocycles. The van der Waals surface area contributed by atoms with E-state index in [4.69, 9.17) is 0 Å². The van der Waals surface area contributed by atoms with Crippen LogP contribution in [-0.2, 0) is 0 Å². The molecule has 0 aliphatic carbocycles. The number of para-hydroxylation sites is 1. The Morgan fingerprint density at radius 2 is 2.11 bits per heavy atom. The maximum atomic E-state index is 12.0. The Morgan fingerprint density at radius 1 is 1.26 bits per heavy atom. The number of pyridine rings is 1. The van der Waals surface area contributed by atoms with Crippen molar-refractivity contribution >= 4 is 27.7 Å². The summed E-state index contributed by atoms with van der Waals surface area (Å²) in [6, 6.07) is 9.57. The first-order valence-corrected chi connectivity index (χ1v) is 6.00. The maximum Gasteiger partial charge on any atom is 0.269 e. The topological polar surface area (TPSA) is 57.8 Å². The molecule has 19 heavy (non-hydrogen) atoms. The Bertz CT molecular complexity index is 751. The monoisotopic (exact) mass is 257 g/mol. The van der Waals surface area contributed by atoms with Gasteiger partial charge in [-0.05, 0) is 12.1 Å². The van der Waals surface area contributed by atoms with Gasteiger partial charge in [0.05, 0.1) is 11.7 Å². The Kier molecular flexibility index (Phi) is 2.87. The average Bonchev–Trinajstić information content (AvgIpc) is 2.82. The first kappa shape index (κ1) is 11.6. The van der Waals surface area contributed by atoms with E-state index in [1.807, 2.05) is 24.3 Å². The molecule has 0 saturated heterocycles. The molecule has 0 aliphatic rings. The van der Waals surface area contributed by atoms with Crippen molar-refractivity contribution < 1.29 is 9.18 Å². The normalized spacial score (nSPS) is 11.0. The minimum atomic E-state index is -0.582. The van der Waals surface area contributed by atoms with Crippen LogP contribution in [0.2, 0.25) is 0 Å². The lowest BCUT2D eigenvalue weighted by Gasteiger charge is -2.01. The lowest BCUT2D eigenvalue weighted by Crippen LogP contribution is -2.26. The number of aromatic amines is 1. The van der Waals surface area contributed by atoms with Crippen LogP contribution in [0.3, 0.4) is 0 Å². The molecule has 1 amide bonds. The fourth-order valence-corrected chi connectivity index (χ4v) is 2.13. The number of aromatic nitrogens is 2. The highest BCUT2D eigenvalue weighted by Crippen LogP contribution is 2.24. The molecule has 0 unspecified atom stereocenters. The van der Waals surface area contributed by atoms with Gasteiger partial charge in [0.2, 0.25) is 0 Å².